The molecular formula is C24H22N6O. The number of nitrogens with one attached hydrogen (secondary N) is 3. The highest BCUT2D eigenvalue weighted by Gasteiger charge is 2.35. The molecule has 154 valence electrons. The lowest BCUT2D eigenvalue weighted by Crippen LogP contribution is -2.53. The molecule has 2 bridgehead atoms. The van der Waals surface area contributed by atoms with Gasteiger partial charge in [-0.15, -0.1) is 0 Å². The first-order valence-corrected chi connectivity index (χ1v) is 10.7. The molecule has 0 saturated carbocycles. The van der Waals surface area contributed by atoms with Crippen LogP contribution in [-0.4, -0.2) is 45.5 Å². The molecule has 3 aliphatic rings. The van der Waals surface area contributed by atoms with Crippen LogP contribution in [0, 0.1) is 17.2 Å². The molecule has 2 aromatic carbocycles. The Bertz CT molecular complexity index is 1370. The van der Waals surface area contributed by atoms with E-state index in [0.717, 1.165) is 41.7 Å². The number of imidazole rings is 1. The summed E-state index contributed by atoms with van der Waals surface area (Å²) in [5.41, 5.74) is 4.04. The number of aromatic nitrogens is 3. The van der Waals surface area contributed by atoms with Gasteiger partial charge < -0.3 is 20.2 Å². The third-order valence-electron chi connectivity index (χ3n) is 6.76. The van der Waals surface area contributed by atoms with Gasteiger partial charge in [-0.25, -0.2) is 4.98 Å². The Hall–Kier alpha value is -3.63. The van der Waals surface area contributed by atoms with Crippen molar-refractivity contribution < 1.29 is 0 Å². The van der Waals surface area contributed by atoms with Gasteiger partial charge in [0.05, 0.1) is 33.9 Å². The maximum atomic E-state index is 13.3. The lowest BCUT2D eigenvalue weighted by Gasteiger charge is -2.45. The largest absolute Gasteiger partial charge is 0.379 e. The topological polar surface area (TPSA) is 101 Å². The van der Waals surface area contributed by atoms with E-state index in [-0.39, 0.29) is 11.6 Å². The summed E-state index contributed by atoms with van der Waals surface area (Å²) in [5, 5.41) is 14.0. The molecule has 7 nitrogen and oxygen atoms in total. The normalized spacial score (nSPS) is 22.6. The lowest BCUT2D eigenvalue weighted by molar-refractivity contribution is 0.0976. The van der Waals surface area contributed by atoms with Crippen LogP contribution in [-0.2, 0) is 0 Å². The second-order valence-electron chi connectivity index (χ2n) is 8.57. The van der Waals surface area contributed by atoms with Crippen LogP contribution >= 0.6 is 0 Å². The molecular weight excluding hydrogens is 388 g/mol. The molecule has 3 N–H and O–H groups in total. The minimum atomic E-state index is -0.194. The molecule has 3 saturated heterocycles. The average molecular weight is 410 g/mol. The number of nitriles is 1. The second kappa shape index (κ2) is 6.96. The Morgan fingerprint density at radius 2 is 1.94 bits per heavy atom. The molecule has 0 aliphatic carbocycles. The van der Waals surface area contributed by atoms with Crippen molar-refractivity contribution in [3.8, 4) is 17.5 Å². The molecule has 4 aromatic rings. The van der Waals surface area contributed by atoms with Gasteiger partial charge in [0, 0.05) is 18.0 Å². The maximum Gasteiger partial charge on any atom is 0.261 e. The number of H-pyrrole nitrogens is 2. The third kappa shape index (κ3) is 2.99. The first-order valence-electron chi connectivity index (χ1n) is 10.7. The van der Waals surface area contributed by atoms with Crippen molar-refractivity contribution in [1.29, 1.82) is 5.26 Å². The number of hydrogen-bond acceptors (Lipinski definition) is 5. The molecule has 5 heterocycles. The Morgan fingerprint density at radius 1 is 1.10 bits per heavy atom. The van der Waals surface area contributed by atoms with E-state index in [0.29, 0.717) is 28.4 Å². The average Bonchev–Trinajstić information content (AvgIpc) is 3.23. The molecule has 0 amide bonds. The van der Waals surface area contributed by atoms with Gasteiger partial charge in [0.2, 0.25) is 0 Å². The quantitative estimate of drug-likeness (QED) is 0.480. The molecule has 0 unspecified atom stereocenters. The zero-order chi connectivity index (χ0) is 20.9. The number of para-hydroxylation sites is 2. The summed E-state index contributed by atoms with van der Waals surface area (Å²) in [6, 6.07) is 15.6. The van der Waals surface area contributed by atoms with Crippen molar-refractivity contribution in [2.24, 2.45) is 5.92 Å². The van der Waals surface area contributed by atoms with Crippen molar-refractivity contribution in [3.05, 3.63) is 58.4 Å². The van der Waals surface area contributed by atoms with Gasteiger partial charge in [-0.2, -0.15) is 5.26 Å². The summed E-state index contributed by atoms with van der Waals surface area (Å²) in [7, 11) is 0. The number of hydrogen-bond donors (Lipinski definition) is 3. The van der Waals surface area contributed by atoms with Gasteiger partial charge >= 0.3 is 0 Å². The number of aromatic amines is 2. The zero-order valence-corrected chi connectivity index (χ0v) is 17.0. The van der Waals surface area contributed by atoms with Gasteiger partial charge in [0.15, 0.2) is 0 Å². The number of nitrogens with zero attached hydrogens (tertiary/aromatic N) is 3. The van der Waals surface area contributed by atoms with E-state index in [1.807, 2.05) is 30.3 Å². The number of rotatable bonds is 3. The number of piperidine rings is 3. The summed E-state index contributed by atoms with van der Waals surface area (Å²) in [4.78, 5) is 26.7. The van der Waals surface area contributed by atoms with E-state index in [2.05, 4.69) is 26.3 Å². The Morgan fingerprint density at radius 3 is 2.68 bits per heavy atom. The standard InChI is InChI=1S/C24H22N6O/c25-12-14-5-6-17-16(11-14)22(26-20-13-30-9-7-15(20)8-10-30)21(24(31)29-17)23-27-18-3-1-2-4-19(18)28-23/h1-6,11,15,20H,7-10,13H2,(H,27,28)(H2,26,29,31)/t20-/m0/s1. The van der Waals surface area contributed by atoms with E-state index in [1.165, 1.54) is 12.8 Å². The van der Waals surface area contributed by atoms with Crippen molar-refractivity contribution in [3.63, 3.8) is 0 Å². The minimum absolute atomic E-state index is 0.194. The zero-order valence-electron chi connectivity index (χ0n) is 17.0. The summed E-state index contributed by atoms with van der Waals surface area (Å²) < 4.78 is 0. The SMILES string of the molecule is N#Cc1ccc2[nH]c(=O)c(-c3nc4ccccc4[nH]3)c(N[C@H]3CN4CCC3CC4)c2c1. The van der Waals surface area contributed by atoms with Crippen LogP contribution in [0.1, 0.15) is 18.4 Å². The van der Waals surface area contributed by atoms with Crippen molar-refractivity contribution in [2.75, 3.05) is 25.0 Å². The smallest absolute Gasteiger partial charge is 0.261 e. The summed E-state index contributed by atoms with van der Waals surface area (Å²) in [6.07, 6.45) is 2.34. The van der Waals surface area contributed by atoms with Crippen LogP contribution in [0.2, 0.25) is 0 Å². The predicted octanol–water partition coefficient (Wildman–Crippen LogP) is 3.45. The van der Waals surface area contributed by atoms with Crippen LogP contribution in [0.25, 0.3) is 33.3 Å². The van der Waals surface area contributed by atoms with Crippen LogP contribution in [0.15, 0.2) is 47.3 Å². The van der Waals surface area contributed by atoms with Crippen molar-refractivity contribution >= 4 is 27.6 Å². The molecule has 0 spiro atoms. The highest BCUT2D eigenvalue weighted by atomic mass is 16.1. The first kappa shape index (κ1) is 18.2. The number of benzene rings is 2. The summed E-state index contributed by atoms with van der Waals surface area (Å²) in [5.74, 6) is 1.12. The van der Waals surface area contributed by atoms with E-state index >= 15 is 0 Å². The molecule has 7 heteroatoms. The Balaban J connectivity index is 1.58. The van der Waals surface area contributed by atoms with E-state index in [1.54, 1.807) is 12.1 Å². The Labute approximate surface area is 178 Å². The minimum Gasteiger partial charge on any atom is -0.379 e. The van der Waals surface area contributed by atoms with E-state index < -0.39 is 0 Å². The van der Waals surface area contributed by atoms with Gasteiger partial charge in [0.25, 0.3) is 5.56 Å². The van der Waals surface area contributed by atoms with Crippen molar-refractivity contribution in [2.45, 2.75) is 18.9 Å². The van der Waals surface area contributed by atoms with Gasteiger partial charge in [0.1, 0.15) is 11.4 Å². The fourth-order valence-electron chi connectivity index (χ4n) is 5.12. The molecule has 7 rings (SSSR count). The highest BCUT2D eigenvalue weighted by Crippen LogP contribution is 2.35. The molecule has 2 aromatic heterocycles. The van der Waals surface area contributed by atoms with Crippen LogP contribution in [0.5, 0.6) is 0 Å². The second-order valence-corrected chi connectivity index (χ2v) is 8.57. The molecule has 31 heavy (non-hydrogen) atoms. The van der Waals surface area contributed by atoms with Crippen molar-refractivity contribution in [1.82, 2.24) is 19.9 Å². The number of fused-ring (bicyclic) bond motifs is 5. The van der Waals surface area contributed by atoms with Crippen LogP contribution < -0.4 is 10.9 Å². The first-order chi connectivity index (χ1) is 15.2. The highest BCUT2D eigenvalue weighted by molar-refractivity contribution is 5.99. The molecule has 1 atom stereocenters. The van der Waals surface area contributed by atoms with Crippen LogP contribution in [0.4, 0.5) is 5.69 Å². The van der Waals surface area contributed by atoms with Gasteiger partial charge in [-0.1, -0.05) is 12.1 Å². The fraction of sp³-hybridized carbons (Fsp3) is 0.292. The molecule has 0 radical (unpaired) electrons. The number of pyridine rings is 1. The van der Waals surface area contributed by atoms with Crippen LogP contribution in [0.3, 0.4) is 0 Å². The summed E-state index contributed by atoms with van der Waals surface area (Å²) in [6.45, 7) is 3.26. The molecule has 3 aliphatic heterocycles. The monoisotopic (exact) mass is 410 g/mol. The van der Waals surface area contributed by atoms with Gasteiger partial charge in [-0.3, -0.25) is 4.79 Å². The lowest BCUT2D eigenvalue weighted by atomic mass is 9.83. The molecule has 3 fully saturated rings. The summed E-state index contributed by atoms with van der Waals surface area (Å²) >= 11 is 0. The van der Waals surface area contributed by atoms with E-state index in [4.69, 9.17) is 4.98 Å². The van der Waals surface area contributed by atoms with E-state index in [9.17, 15) is 10.1 Å². The maximum absolute atomic E-state index is 13.3. The fourth-order valence-corrected chi connectivity index (χ4v) is 5.12. The third-order valence-corrected chi connectivity index (χ3v) is 6.76. The number of anilines is 1. The Kier molecular flexibility index (Phi) is 4.08. The van der Waals surface area contributed by atoms with Gasteiger partial charge in [-0.05, 0) is 62.2 Å². The predicted molar refractivity (Wildman–Crippen MR) is 121 cm³/mol.